The summed E-state index contributed by atoms with van der Waals surface area (Å²) in [7, 11) is 0. The molecule has 0 bridgehead atoms. The van der Waals surface area contributed by atoms with Crippen molar-refractivity contribution in [2.24, 2.45) is 5.73 Å². The number of rotatable bonds is 11. The SMILES string of the molecule is CCCCN.O=C(O)CN1CCN(CC(=O)O)CCN(CC(=O)ON2C(=O)CCC2=O)CCN(CC(=O)O)CC1. The lowest BCUT2D eigenvalue weighted by atomic mass is 10.3. The predicted octanol–water partition coefficient (Wildman–Crippen LogP) is -2.19. The van der Waals surface area contributed by atoms with E-state index in [9.17, 15) is 44.1 Å². The van der Waals surface area contributed by atoms with Crippen LogP contribution < -0.4 is 5.73 Å². The number of nitrogens with zero attached hydrogens (tertiary/aromatic N) is 5. The molecule has 0 aliphatic carbocycles. The number of hydrogen-bond donors (Lipinski definition) is 4. The molecule has 0 unspecified atom stereocenters. The van der Waals surface area contributed by atoms with Crippen molar-refractivity contribution in [3.8, 4) is 0 Å². The fourth-order valence-electron chi connectivity index (χ4n) is 3.96. The Morgan fingerprint density at radius 2 is 1.00 bits per heavy atom. The molecule has 228 valence electrons. The Labute approximate surface area is 233 Å². The molecule has 5 N–H and O–H groups in total. The summed E-state index contributed by atoms with van der Waals surface area (Å²) < 4.78 is 0. The van der Waals surface area contributed by atoms with Crippen molar-refractivity contribution in [1.29, 1.82) is 0 Å². The zero-order chi connectivity index (χ0) is 30.1. The van der Waals surface area contributed by atoms with Crippen molar-refractivity contribution < 1.29 is 48.9 Å². The van der Waals surface area contributed by atoms with Crippen LogP contribution in [0.1, 0.15) is 32.6 Å². The average molecular weight is 575 g/mol. The fraction of sp³-hybridized carbons (Fsp3) is 0.750. The van der Waals surface area contributed by atoms with Crippen molar-refractivity contribution in [3.05, 3.63) is 0 Å². The van der Waals surface area contributed by atoms with E-state index in [0.717, 1.165) is 6.54 Å². The van der Waals surface area contributed by atoms with Gasteiger partial charge in [0.25, 0.3) is 11.8 Å². The van der Waals surface area contributed by atoms with E-state index >= 15 is 0 Å². The topological polar surface area (TPSA) is 215 Å². The zero-order valence-electron chi connectivity index (χ0n) is 23.0. The molecule has 2 fully saturated rings. The second-order valence-electron chi connectivity index (χ2n) is 9.47. The molecule has 0 aromatic heterocycles. The standard InChI is InChI=1S/C20H31N5O10.C4H11N/c26-15-1-2-16(27)25(15)35-20(34)14-24-9-7-22(12-18(30)31)5-3-21(11-17(28)29)4-6-23(8-10-24)13-19(32)33;1-2-3-4-5/h1-14H2,(H,28,29)(H,30,31)(H,32,33);2-5H2,1H3. The summed E-state index contributed by atoms with van der Waals surface area (Å²) in [6.07, 6.45) is 2.31. The fourth-order valence-corrected chi connectivity index (χ4v) is 3.96. The molecular weight excluding hydrogens is 532 g/mol. The highest BCUT2D eigenvalue weighted by atomic mass is 16.7. The molecule has 2 aliphatic heterocycles. The van der Waals surface area contributed by atoms with Crippen molar-refractivity contribution >= 4 is 35.7 Å². The second-order valence-corrected chi connectivity index (χ2v) is 9.47. The predicted molar refractivity (Wildman–Crippen MR) is 140 cm³/mol. The Balaban J connectivity index is 0.00000146. The van der Waals surface area contributed by atoms with Crippen LogP contribution >= 0.6 is 0 Å². The molecule has 16 nitrogen and oxygen atoms in total. The van der Waals surface area contributed by atoms with Gasteiger partial charge in [-0.15, -0.1) is 5.06 Å². The molecule has 2 aliphatic rings. The summed E-state index contributed by atoms with van der Waals surface area (Å²) >= 11 is 0. The van der Waals surface area contributed by atoms with Crippen LogP contribution in [0.4, 0.5) is 0 Å². The van der Waals surface area contributed by atoms with Crippen LogP contribution in [0.5, 0.6) is 0 Å². The maximum atomic E-state index is 12.4. The number of carboxylic acids is 3. The van der Waals surface area contributed by atoms with E-state index in [0.29, 0.717) is 5.06 Å². The Hall–Kier alpha value is -3.18. The Bertz CT molecular complexity index is 823. The first-order valence-electron chi connectivity index (χ1n) is 13.3. The third-order valence-electron chi connectivity index (χ3n) is 6.12. The molecule has 16 heteroatoms. The Morgan fingerprint density at radius 3 is 1.25 bits per heavy atom. The van der Waals surface area contributed by atoms with Gasteiger partial charge in [0.2, 0.25) is 0 Å². The highest BCUT2D eigenvalue weighted by Gasteiger charge is 2.33. The molecule has 2 saturated heterocycles. The number of nitrogens with two attached hydrogens (primary N) is 1. The molecule has 2 rings (SSSR count). The van der Waals surface area contributed by atoms with Crippen LogP contribution in [0.3, 0.4) is 0 Å². The monoisotopic (exact) mass is 574 g/mol. The Morgan fingerprint density at radius 1 is 0.675 bits per heavy atom. The molecule has 0 aromatic rings. The van der Waals surface area contributed by atoms with Crippen molar-refractivity contribution in [2.75, 3.05) is 85.1 Å². The second kappa shape index (κ2) is 19.0. The largest absolute Gasteiger partial charge is 0.480 e. The van der Waals surface area contributed by atoms with Gasteiger partial charge in [-0.3, -0.25) is 43.6 Å². The van der Waals surface area contributed by atoms with Gasteiger partial charge in [0, 0.05) is 65.2 Å². The third kappa shape index (κ3) is 14.8. The first-order chi connectivity index (χ1) is 18.9. The van der Waals surface area contributed by atoms with E-state index in [4.69, 9.17) is 10.6 Å². The van der Waals surface area contributed by atoms with Gasteiger partial charge in [-0.2, -0.15) is 0 Å². The lowest BCUT2D eigenvalue weighted by Gasteiger charge is -2.32. The summed E-state index contributed by atoms with van der Waals surface area (Å²) in [6, 6.07) is 0. The number of imide groups is 1. The molecule has 0 atom stereocenters. The van der Waals surface area contributed by atoms with Gasteiger partial charge in [0.1, 0.15) is 0 Å². The first-order valence-corrected chi connectivity index (χ1v) is 13.3. The molecular formula is C24H42N6O10. The normalized spacial score (nSPS) is 18.8. The summed E-state index contributed by atoms with van der Waals surface area (Å²) in [5.41, 5.74) is 5.14. The van der Waals surface area contributed by atoms with E-state index in [1.807, 2.05) is 0 Å². The number of hydroxylamine groups is 2. The maximum Gasteiger partial charge on any atom is 0.347 e. The van der Waals surface area contributed by atoms with E-state index in [1.54, 1.807) is 19.6 Å². The number of hydrogen-bond acceptors (Lipinski definition) is 12. The highest BCUT2D eigenvalue weighted by molar-refractivity contribution is 6.01. The van der Waals surface area contributed by atoms with E-state index in [1.165, 1.54) is 12.8 Å². The quantitative estimate of drug-likeness (QED) is 0.193. The average Bonchev–Trinajstić information content (AvgIpc) is 3.17. The van der Waals surface area contributed by atoms with Crippen molar-refractivity contribution in [3.63, 3.8) is 0 Å². The number of aliphatic carboxylic acids is 3. The van der Waals surface area contributed by atoms with Crippen LogP contribution in [0, 0.1) is 0 Å². The van der Waals surface area contributed by atoms with Crippen LogP contribution in [0.2, 0.25) is 0 Å². The van der Waals surface area contributed by atoms with Gasteiger partial charge in [-0.25, -0.2) is 4.79 Å². The zero-order valence-corrected chi connectivity index (χ0v) is 23.0. The molecule has 0 saturated carbocycles. The van der Waals surface area contributed by atoms with Crippen molar-refractivity contribution in [2.45, 2.75) is 32.6 Å². The lowest BCUT2D eigenvalue weighted by molar-refractivity contribution is -0.198. The van der Waals surface area contributed by atoms with Gasteiger partial charge >= 0.3 is 23.9 Å². The van der Waals surface area contributed by atoms with Crippen LogP contribution in [0.25, 0.3) is 0 Å². The minimum atomic E-state index is -1.06. The van der Waals surface area contributed by atoms with Gasteiger partial charge in [0.05, 0.1) is 26.2 Å². The Kier molecular flexibility index (Phi) is 16.5. The molecule has 2 amide bonds. The molecule has 40 heavy (non-hydrogen) atoms. The van der Waals surface area contributed by atoms with Crippen molar-refractivity contribution in [1.82, 2.24) is 24.7 Å². The summed E-state index contributed by atoms with van der Waals surface area (Å²) in [5.74, 6) is -5.24. The van der Waals surface area contributed by atoms with Gasteiger partial charge < -0.3 is 25.9 Å². The van der Waals surface area contributed by atoms with Gasteiger partial charge in [-0.05, 0) is 13.0 Å². The number of carbonyl (C=O) groups excluding carboxylic acids is 3. The number of amides is 2. The highest BCUT2D eigenvalue weighted by Crippen LogP contribution is 2.12. The maximum absolute atomic E-state index is 12.4. The number of carboxylic acid groups (broad SMARTS) is 3. The van der Waals surface area contributed by atoms with E-state index in [2.05, 4.69) is 6.92 Å². The third-order valence-corrected chi connectivity index (χ3v) is 6.12. The molecule has 0 spiro atoms. The summed E-state index contributed by atoms with van der Waals surface area (Å²) in [5, 5.41) is 28.1. The van der Waals surface area contributed by atoms with Crippen LogP contribution in [-0.4, -0.2) is 161 Å². The lowest BCUT2D eigenvalue weighted by Crippen LogP contribution is -2.49. The first kappa shape index (κ1) is 34.8. The molecule has 2 heterocycles. The summed E-state index contributed by atoms with van der Waals surface area (Å²) in [6.45, 7) is 3.68. The number of unbranched alkanes of at least 4 members (excludes halogenated alkanes) is 1. The van der Waals surface area contributed by atoms with Gasteiger partial charge in [0.15, 0.2) is 0 Å². The van der Waals surface area contributed by atoms with E-state index < -0.39 is 35.7 Å². The smallest absolute Gasteiger partial charge is 0.347 e. The molecule has 0 aromatic carbocycles. The van der Waals surface area contributed by atoms with E-state index in [-0.39, 0.29) is 91.4 Å². The summed E-state index contributed by atoms with van der Waals surface area (Å²) in [4.78, 5) is 81.0. The minimum absolute atomic E-state index is 0.0387. The molecule has 0 radical (unpaired) electrons. The minimum Gasteiger partial charge on any atom is -0.480 e. The van der Waals surface area contributed by atoms with Gasteiger partial charge in [-0.1, -0.05) is 13.3 Å². The van der Waals surface area contributed by atoms with Crippen LogP contribution in [0.15, 0.2) is 0 Å². The number of carbonyl (C=O) groups is 6. The van der Waals surface area contributed by atoms with Crippen LogP contribution in [-0.2, 0) is 33.6 Å².